The van der Waals surface area contributed by atoms with E-state index in [4.69, 9.17) is 4.74 Å². The molecular formula is C23H23N3O3. The number of hydrogen-bond acceptors (Lipinski definition) is 4. The maximum absolute atomic E-state index is 12.4. The topological polar surface area (TPSA) is 71.5 Å². The fourth-order valence-electron chi connectivity index (χ4n) is 3.54. The monoisotopic (exact) mass is 389 g/mol. The summed E-state index contributed by atoms with van der Waals surface area (Å²) < 4.78 is 5.84. The number of amides is 2. The van der Waals surface area contributed by atoms with E-state index in [0.717, 1.165) is 22.3 Å². The standard InChI is InChI=1S/C23H23N3O3/c27-21-15-18(16-26(21)19-9-2-1-3-10-19)23(28)25-13-6-14-29-20-11-4-7-17-8-5-12-24-22(17)20/h1-5,7-12,18H,6,13-16H2,(H,25,28). The van der Waals surface area contributed by atoms with Crippen molar-refractivity contribution in [2.75, 3.05) is 24.6 Å². The zero-order valence-corrected chi connectivity index (χ0v) is 16.1. The lowest BCUT2D eigenvalue weighted by Crippen LogP contribution is -2.34. The third kappa shape index (κ3) is 4.37. The van der Waals surface area contributed by atoms with Crippen LogP contribution in [0.5, 0.6) is 5.75 Å². The van der Waals surface area contributed by atoms with Gasteiger partial charge in [0, 0.05) is 36.8 Å². The van der Waals surface area contributed by atoms with E-state index in [1.807, 2.05) is 60.7 Å². The molecule has 0 radical (unpaired) electrons. The van der Waals surface area contributed by atoms with Crippen molar-refractivity contribution in [3.05, 3.63) is 66.9 Å². The van der Waals surface area contributed by atoms with Gasteiger partial charge in [-0.05, 0) is 30.7 Å². The van der Waals surface area contributed by atoms with Crippen molar-refractivity contribution in [1.29, 1.82) is 0 Å². The zero-order valence-electron chi connectivity index (χ0n) is 16.1. The van der Waals surface area contributed by atoms with E-state index in [0.29, 0.717) is 26.1 Å². The molecule has 1 saturated heterocycles. The van der Waals surface area contributed by atoms with Crippen molar-refractivity contribution in [3.8, 4) is 5.75 Å². The Morgan fingerprint density at radius 1 is 1.10 bits per heavy atom. The van der Waals surface area contributed by atoms with Crippen LogP contribution >= 0.6 is 0 Å². The first-order chi connectivity index (χ1) is 14.2. The number of rotatable bonds is 7. The van der Waals surface area contributed by atoms with Crippen LogP contribution in [0.2, 0.25) is 0 Å². The molecule has 1 unspecified atom stereocenters. The van der Waals surface area contributed by atoms with Gasteiger partial charge in [0.1, 0.15) is 11.3 Å². The highest BCUT2D eigenvalue weighted by molar-refractivity contribution is 6.00. The number of nitrogens with zero attached hydrogens (tertiary/aromatic N) is 2. The summed E-state index contributed by atoms with van der Waals surface area (Å²) in [4.78, 5) is 30.7. The molecule has 2 aromatic carbocycles. The number of pyridine rings is 1. The molecule has 1 aliphatic heterocycles. The number of aromatic nitrogens is 1. The lowest BCUT2D eigenvalue weighted by atomic mass is 10.1. The van der Waals surface area contributed by atoms with E-state index in [9.17, 15) is 9.59 Å². The highest BCUT2D eigenvalue weighted by Crippen LogP contribution is 2.25. The van der Waals surface area contributed by atoms with E-state index in [-0.39, 0.29) is 24.2 Å². The molecule has 29 heavy (non-hydrogen) atoms. The van der Waals surface area contributed by atoms with E-state index < -0.39 is 0 Å². The number of nitrogens with one attached hydrogen (secondary N) is 1. The van der Waals surface area contributed by atoms with Gasteiger partial charge in [-0.25, -0.2) is 0 Å². The Morgan fingerprint density at radius 3 is 2.79 bits per heavy atom. The molecule has 6 heteroatoms. The van der Waals surface area contributed by atoms with Crippen LogP contribution in [-0.2, 0) is 9.59 Å². The molecular weight excluding hydrogens is 366 g/mol. The molecule has 3 aromatic rings. The predicted octanol–water partition coefficient (Wildman–Crippen LogP) is 3.17. The first-order valence-corrected chi connectivity index (χ1v) is 9.82. The second kappa shape index (κ2) is 8.73. The Hall–Kier alpha value is -3.41. The number of carbonyl (C=O) groups is 2. The van der Waals surface area contributed by atoms with Gasteiger partial charge >= 0.3 is 0 Å². The van der Waals surface area contributed by atoms with Crippen LogP contribution < -0.4 is 15.0 Å². The van der Waals surface area contributed by atoms with Crippen molar-refractivity contribution < 1.29 is 14.3 Å². The summed E-state index contributed by atoms with van der Waals surface area (Å²) in [5.74, 6) is 0.340. The second-order valence-corrected chi connectivity index (χ2v) is 7.07. The largest absolute Gasteiger partial charge is 0.491 e. The average molecular weight is 389 g/mol. The molecule has 1 fully saturated rings. The fourth-order valence-corrected chi connectivity index (χ4v) is 3.54. The third-order valence-electron chi connectivity index (χ3n) is 5.04. The minimum Gasteiger partial charge on any atom is -0.491 e. The molecule has 0 bridgehead atoms. The van der Waals surface area contributed by atoms with E-state index in [1.54, 1.807) is 11.1 Å². The van der Waals surface area contributed by atoms with Gasteiger partial charge < -0.3 is 15.0 Å². The van der Waals surface area contributed by atoms with Gasteiger partial charge in [0.15, 0.2) is 0 Å². The van der Waals surface area contributed by atoms with Gasteiger partial charge in [-0.1, -0.05) is 36.4 Å². The molecule has 4 rings (SSSR count). The van der Waals surface area contributed by atoms with Gasteiger partial charge in [0.05, 0.1) is 12.5 Å². The molecule has 0 saturated carbocycles. The van der Waals surface area contributed by atoms with Gasteiger partial charge in [-0.15, -0.1) is 0 Å². The molecule has 0 spiro atoms. The number of benzene rings is 2. The Kier molecular flexibility index (Phi) is 5.70. The summed E-state index contributed by atoms with van der Waals surface area (Å²) >= 11 is 0. The summed E-state index contributed by atoms with van der Waals surface area (Å²) in [6.07, 6.45) is 2.67. The predicted molar refractivity (Wildman–Crippen MR) is 112 cm³/mol. The smallest absolute Gasteiger partial charge is 0.227 e. The SMILES string of the molecule is O=C(NCCCOc1cccc2cccnc12)C1CC(=O)N(c2ccccc2)C1. The molecule has 1 aromatic heterocycles. The highest BCUT2D eigenvalue weighted by Gasteiger charge is 2.34. The maximum Gasteiger partial charge on any atom is 0.227 e. The Balaban J connectivity index is 1.23. The van der Waals surface area contributed by atoms with Crippen molar-refractivity contribution >= 4 is 28.4 Å². The number of hydrogen-bond donors (Lipinski definition) is 1. The minimum atomic E-state index is -0.314. The van der Waals surface area contributed by atoms with Crippen molar-refractivity contribution in [2.45, 2.75) is 12.8 Å². The summed E-state index contributed by atoms with van der Waals surface area (Å²) in [6.45, 7) is 1.41. The molecule has 0 aliphatic carbocycles. The van der Waals surface area contributed by atoms with E-state index in [1.165, 1.54) is 0 Å². The summed E-state index contributed by atoms with van der Waals surface area (Å²) in [7, 11) is 0. The van der Waals surface area contributed by atoms with Gasteiger partial charge in [0.25, 0.3) is 0 Å². The summed E-state index contributed by atoms with van der Waals surface area (Å²) in [5, 5.41) is 3.96. The number of ether oxygens (including phenoxy) is 1. The first-order valence-electron chi connectivity index (χ1n) is 9.82. The van der Waals surface area contributed by atoms with Crippen molar-refractivity contribution in [3.63, 3.8) is 0 Å². The molecule has 1 N–H and O–H groups in total. The van der Waals surface area contributed by atoms with Crippen molar-refractivity contribution in [1.82, 2.24) is 10.3 Å². The van der Waals surface area contributed by atoms with Crippen LogP contribution in [0.25, 0.3) is 10.9 Å². The molecule has 2 heterocycles. The number of para-hydroxylation sites is 2. The van der Waals surface area contributed by atoms with Crippen LogP contribution in [0.15, 0.2) is 66.9 Å². The van der Waals surface area contributed by atoms with Crippen molar-refractivity contribution in [2.24, 2.45) is 5.92 Å². The normalized spacial score (nSPS) is 16.2. The number of fused-ring (bicyclic) bond motifs is 1. The quantitative estimate of drug-likeness (QED) is 0.630. The molecule has 6 nitrogen and oxygen atoms in total. The van der Waals surface area contributed by atoms with Gasteiger partial charge in [-0.2, -0.15) is 0 Å². The van der Waals surface area contributed by atoms with Crippen LogP contribution in [-0.4, -0.2) is 36.5 Å². The van der Waals surface area contributed by atoms with Crippen LogP contribution in [0.4, 0.5) is 5.69 Å². The Bertz CT molecular complexity index is 1000. The molecule has 148 valence electrons. The van der Waals surface area contributed by atoms with Crippen LogP contribution in [0.3, 0.4) is 0 Å². The van der Waals surface area contributed by atoms with Crippen LogP contribution in [0.1, 0.15) is 12.8 Å². The van der Waals surface area contributed by atoms with E-state index >= 15 is 0 Å². The molecule has 1 aliphatic rings. The lowest BCUT2D eigenvalue weighted by Gasteiger charge is -2.16. The lowest BCUT2D eigenvalue weighted by molar-refractivity contribution is -0.126. The number of carbonyl (C=O) groups excluding carboxylic acids is 2. The third-order valence-corrected chi connectivity index (χ3v) is 5.04. The average Bonchev–Trinajstić information content (AvgIpc) is 3.16. The van der Waals surface area contributed by atoms with E-state index in [2.05, 4.69) is 10.3 Å². The van der Waals surface area contributed by atoms with Gasteiger partial charge in [0.2, 0.25) is 11.8 Å². The first kappa shape index (κ1) is 18.9. The Morgan fingerprint density at radius 2 is 1.93 bits per heavy atom. The van der Waals surface area contributed by atoms with Gasteiger partial charge in [-0.3, -0.25) is 14.6 Å². The van der Waals surface area contributed by atoms with Crippen LogP contribution in [0, 0.1) is 5.92 Å². The zero-order chi connectivity index (χ0) is 20.1. The fraction of sp³-hybridized carbons (Fsp3) is 0.261. The summed E-state index contributed by atoms with van der Waals surface area (Å²) in [5.41, 5.74) is 1.68. The number of anilines is 1. The second-order valence-electron chi connectivity index (χ2n) is 7.07. The minimum absolute atomic E-state index is 0.0110. The molecule has 2 amide bonds. The molecule has 1 atom stereocenters. The Labute approximate surface area is 169 Å². The summed E-state index contributed by atoms with van der Waals surface area (Å²) in [6, 6.07) is 19.2. The highest BCUT2D eigenvalue weighted by atomic mass is 16.5. The maximum atomic E-state index is 12.4.